The van der Waals surface area contributed by atoms with Crippen molar-refractivity contribution in [1.29, 1.82) is 0 Å². The fourth-order valence-electron chi connectivity index (χ4n) is 2.70. The lowest BCUT2D eigenvalue weighted by atomic mass is 9.94. The normalized spacial score (nSPS) is 12.3. The number of nitrogens with one attached hydrogen (secondary N) is 1. The van der Waals surface area contributed by atoms with Crippen molar-refractivity contribution in [3.05, 3.63) is 72.1 Å². The van der Waals surface area contributed by atoms with Crippen LogP contribution in [-0.4, -0.2) is 19.1 Å². The summed E-state index contributed by atoms with van der Waals surface area (Å²) in [6, 6.07) is 16.7. The van der Waals surface area contributed by atoms with Crippen LogP contribution in [-0.2, 0) is 0 Å². The van der Waals surface area contributed by atoms with Gasteiger partial charge in [0.25, 0.3) is 0 Å². The summed E-state index contributed by atoms with van der Waals surface area (Å²) in [4.78, 5) is 4.20. The van der Waals surface area contributed by atoms with E-state index in [-0.39, 0.29) is 6.04 Å². The maximum Gasteiger partial charge on any atom is 0.118 e. The van der Waals surface area contributed by atoms with E-state index in [1.807, 2.05) is 31.6 Å². The molecule has 0 spiro atoms. The molecule has 1 N–H and O–H groups in total. The Morgan fingerprint density at radius 3 is 2.57 bits per heavy atom. The standard InChI is InChI=1S/C18H18N2O/c1-19-18(13-6-8-15(21-2)9-7-13)17-5-3-4-14-12-20-11-10-16(14)17/h3-12,18-19H,1-2H3. The van der Waals surface area contributed by atoms with Gasteiger partial charge in [0, 0.05) is 17.8 Å². The topological polar surface area (TPSA) is 34.1 Å². The van der Waals surface area contributed by atoms with E-state index in [0.29, 0.717) is 0 Å². The number of hydrogen-bond donors (Lipinski definition) is 1. The molecule has 0 radical (unpaired) electrons. The van der Waals surface area contributed by atoms with Gasteiger partial charge in [-0.05, 0) is 41.8 Å². The summed E-state index contributed by atoms with van der Waals surface area (Å²) in [6.45, 7) is 0. The van der Waals surface area contributed by atoms with Gasteiger partial charge in [-0.15, -0.1) is 0 Å². The Morgan fingerprint density at radius 2 is 1.86 bits per heavy atom. The Kier molecular flexibility index (Phi) is 3.84. The third kappa shape index (κ3) is 2.60. The first-order valence-corrected chi connectivity index (χ1v) is 6.97. The number of benzene rings is 2. The van der Waals surface area contributed by atoms with Crippen molar-refractivity contribution in [2.75, 3.05) is 14.2 Å². The van der Waals surface area contributed by atoms with E-state index in [2.05, 4.69) is 46.7 Å². The predicted molar refractivity (Wildman–Crippen MR) is 85.6 cm³/mol. The summed E-state index contributed by atoms with van der Waals surface area (Å²) in [5.41, 5.74) is 2.46. The lowest BCUT2D eigenvalue weighted by Gasteiger charge is -2.19. The van der Waals surface area contributed by atoms with Gasteiger partial charge < -0.3 is 10.1 Å². The monoisotopic (exact) mass is 278 g/mol. The van der Waals surface area contributed by atoms with Crippen molar-refractivity contribution in [2.24, 2.45) is 0 Å². The van der Waals surface area contributed by atoms with Crippen LogP contribution >= 0.6 is 0 Å². The Balaban J connectivity index is 2.09. The summed E-state index contributed by atoms with van der Waals surface area (Å²) in [7, 11) is 3.66. The second-order valence-electron chi connectivity index (χ2n) is 4.94. The third-order valence-electron chi connectivity index (χ3n) is 3.76. The summed E-state index contributed by atoms with van der Waals surface area (Å²) in [5.74, 6) is 0.871. The van der Waals surface area contributed by atoms with Gasteiger partial charge in [0.15, 0.2) is 0 Å². The van der Waals surface area contributed by atoms with E-state index in [4.69, 9.17) is 4.74 Å². The Hall–Kier alpha value is -2.39. The molecule has 3 rings (SSSR count). The number of methoxy groups -OCH3 is 1. The minimum Gasteiger partial charge on any atom is -0.497 e. The fourth-order valence-corrected chi connectivity index (χ4v) is 2.70. The van der Waals surface area contributed by atoms with Crippen LogP contribution in [0.1, 0.15) is 17.2 Å². The molecule has 3 heteroatoms. The molecule has 1 heterocycles. The highest BCUT2D eigenvalue weighted by Gasteiger charge is 2.14. The quantitative estimate of drug-likeness (QED) is 0.792. The van der Waals surface area contributed by atoms with Crippen LogP contribution < -0.4 is 10.1 Å². The number of nitrogens with zero attached hydrogens (tertiary/aromatic N) is 1. The van der Waals surface area contributed by atoms with Crippen LogP contribution in [0, 0.1) is 0 Å². The number of fused-ring (bicyclic) bond motifs is 1. The van der Waals surface area contributed by atoms with Crippen LogP contribution in [0.4, 0.5) is 0 Å². The first-order chi connectivity index (χ1) is 10.3. The largest absolute Gasteiger partial charge is 0.497 e. The Morgan fingerprint density at radius 1 is 1.05 bits per heavy atom. The van der Waals surface area contributed by atoms with Crippen LogP contribution in [0.3, 0.4) is 0 Å². The highest BCUT2D eigenvalue weighted by atomic mass is 16.5. The molecule has 0 bridgehead atoms. The van der Waals surface area contributed by atoms with E-state index >= 15 is 0 Å². The van der Waals surface area contributed by atoms with E-state index in [9.17, 15) is 0 Å². The van der Waals surface area contributed by atoms with Crippen LogP contribution in [0.25, 0.3) is 10.8 Å². The molecule has 3 aromatic rings. The number of ether oxygens (including phenoxy) is 1. The highest BCUT2D eigenvalue weighted by Crippen LogP contribution is 2.29. The highest BCUT2D eigenvalue weighted by molar-refractivity contribution is 5.85. The van der Waals surface area contributed by atoms with Gasteiger partial charge in [0.2, 0.25) is 0 Å². The molecule has 3 nitrogen and oxygen atoms in total. The van der Waals surface area contributed by atoms with Crippen LogP contribution in [0.15, 0.2) is 60.9 Å². The first kappa shape index (κ1) is 13.6. The van der Waals surface area contributed by atoms with Gasteiger partial charge in [-0.25, -0.2) is 0 Å². The second kappa shape index (κ2) is 5.94. The van der Waals surface area contributed by atoms with Gasteiger partial charge in [-0.3, -0.25) is 4.98 Å². The molecule has 0 fully saturated rings. The molecular formula is C18H18N2O. The van der Waals surface area contributed by atoms with Gasteiger partial charge >= 0.3 is 0 Å². The zero-order valence-corrected chi connectivity index (χ0v) is 12.2. The maximum absolute atomic E-state index is 5.23. The molecule has 0 saturated heterocycles. The number of hydrogen-bond acceptors (Lipinski definition) is 3. The number of rotatable bonds is 4. The first-order valence-electron chi connectivity index (χ1n) is 6.97. The fraction of sp³-hybridized carbons (Fsp3) is 0.167. The molecule has 1 aromatic heterocycles. The van der Waals surface area contributed by atoms with Crippen molar-refractivity contribution < 1.29 is 4.74 Å². The van der Waals surface area contributed by atoms with E-state index in [1.54, 1.807) is 7.11 Å². The molecule has 0 aliphatic carbocycles. The molecule has 1 unspecified atom stereocenters. The predicted octanol–water partition coefficient (Wildman–Crippen LogP) is 3.55. The molecule has 0 aliphatic rings. The zero-order chi connectivity index (χ0) is 14.7. The lowest BCUT2D eigenvalue weighted by Crippen LogP contribution is -2.17. The molecule has 0 saturated carbocycles. The zero-order valence-electron chi connectivity index (χ0n) is 12.2. The molecule has 2 aromatic carbocycles. The molecule has 106 valence electrons. The SMILES string of the molecule is CNC(c1ccc(OC)cc1)c1cccc2cnccc12. The van der Waals surface area contributed by atoms with Crippen LogP contribution in [0.2, 0.25) is 0 Å². The average molecular weight is 278 g/mol. The summed E-state index contributed by atoms with van der Waals surface area (Å²) >= 11 is 0. The molecule has 21 heavy (non-hydrogen) atoms. The number of aromatic nitrogens is 1. The van der Waals surface area contributed by atoms with E-state index in [1.165, 1.54) is 16.5 Å². The average Bonchev–Trinajstić information content (AvgIpc) is 2.56. The van der Waals surface area contributed by atoms with Gasteiger partial charge in [0.05, 0.1) is 13.2 Å². The smallest absolute Gasteiger partial charge is 0.118 e. The van der Waals surface area contributed by atoms with Gasteiger partial charge in [-0.2, -0.15) is 0 Å². The molecule has 0 aliphatic heterocycles. The lowest BCUT2D eigenvalue weighted by molar-refractivity contribution is 0.414. The Labute approximate surface area is 124 Å². The van der Waals surface area contributed by atoms with Gasteiger partial charge in [0.1, 0.15) is 5.75 Å². The van der Waals surface area contributed by atoms with E-state index < -0.39 is 0 Å². The molecule has 0 amide bonds. The van der Waals surface area contributed by atoms with Crippen molar-refractivity contribution >= 4 is 10.8 Å². The van der Waals surface area contributed by atoms with Crippen molar-refractivity contribution in [2.45, 2.75) is 6.04 Å². The van der Waals surface area contributed by atoms with Crippen molar-refractivity contribution in [3.63, 3.8) is 0 Å². The van der Waals surface area contributed by atoms with Crippen molar-refractivity contribution in [1.82, 2.24) is 10.3 Å². The molecular weight excluding hydrogens is 260 g/mol. The summed E-state index contributed by atoms with van der Waals surface area (Å²) in [6.07, 6.45) is 3.74. The second-order valence-corrected chi connectivity index (χ2v) is 4.94. The van der Waals surface area contributed by atoms with Gasteiger partial charge in [-0.1, -0.05) is 30.3 Å². The maximum atomic E-state index is 5.23. The Bertz CT molecular complexity index is 732. The summed E-state index contributed by atoms with van der Waals surface area (Å²) in [5, 5.41) is 5.78. The number of pyridine rings is 1. The van der Waals surface area contributed by atoms with E-state index in [0.717, 1.165) is 11.1 Å². The third-order valence-corrected chi connectivity index (χ3v) is 3.76. The minimum absolute atomic E-state index is 0.141. The molecule has 1 atom stereocenters. The minimum atomic E-state index is 0.141. The van der Waals surface area contributed by atoms with Crippen LogP contribution in [0.5, 0.6) is 5.75 Å². The van der Waals surface area contributed by atoms with Crippen molar-refractivity contribution in [3.8, 4) is 5.75 Å². The summed E-state index contributed by atoms with van der Waals surface area (Å²) < 4.78 is 5.23.